The van der Waals surface area contributed by atoms with Crippen molar-refractivity contribution in [1.29, 1.82) is 0 Å². The van der Waals surface area contributed by atoms with Crippen LogP contribution in [0.5, 0.6) is 0 Å². The molecular formula is C17H17N5O4. The second kappa shape index (κ2) is 6.79. The van der Waals surface area contributed by atoms with Crippen LogP contribution in [0.15, 0.2) is 42.9 Å². The monoisotopic (exact) mass is 355 g/mol. The molecule has 9 heteroatoms. The molecule has 1 aliphatic rings. The Bertz CT molecular complexity index is 929. The molecule has 3 N–H and O–H groups in total. The SMILES string of the molecule is O=C(Nc1ncnn2c(C3OCC(O)C3CO)cnc12)c1ccccc1. The molecule has 0 aliphatic carbocycles. The van der Waals surface area contributed by atoms with Gasteiger partial charge in [-0.3, -0.25) is 4.79 Å². The standard InChI is InChI=1S/C17H17N5O4/c23-7-11-13(24)8-26-14(11)12-6-18-16-15(19-9-20-22(12)16)21-17(25)10-4-2-1-3-5-10/h1-6,9,11,13-14,23-24H,7-8H2,(H,19,20,21,25). The van der Waals surface area contributed by atoms with E-state index in [9.17, 15) is 15.0 Å². The molecule has 134 valence electrons. The van der Waals surface area contributed by atoms with Crippen LogP contribution in [0.1, 0.15) is 22.2 Å². The lowest BCUT2D eigenvalue weighted by atomic mass is 9.98. The zero-order chi connectivity index (χ0) is 18.1. The molecule has 4 rings (SSSR count). The number of rotatable bonds is 4. The third-order valence-electron chi connectivity index (χ3n) is 4.43. The highest BCUT2D eigenvalue weighted by Crippen LogP contribution is 2.34. The molecular weight excluding hydrogens is 338 g/mol. The summed E-state index contributed by atoms with van der Waals surface area (Å²) in [6.07, 6.45) is 1.55. The van der Waals surface area contributed by atoms with Crippen molar-refractivity contribution in [2.45, 2.75) is 12.2 Å². The minimum atomic E-state index is -0.755. The largest absolute Gasteiger partial charge is 0.396 e. The van der Waals surface area contributed by atoms with Gasteiger partial charge in [-0.25, -0.2) is 14.5 Å². The fourth-order valence-corrected chi connectivity index (χ4v) is 3.06. The second-order valence-corrected chi connectivity index (χ2v) is 6.01. The number of carbonyl (C=O) groups excluding carboxylic acids is 1. The van der Waals surface area contributed by atoms with Crippen LogP contribution in [0.25, 0.3) is 5.65 Å². The molecule has 1 aromatic carbocycles. The maximum absolute atomic E-state index is 12.4. The van der Waals surface area contributed by atoms with Crippen molar-refractivity contribution >= 4 is 17.4 Å². The van der Waals surface area contributed by atoms with E-state index in [1.165, 1.54) is 10.8 Å². The van der Waals surface area contributed by atoms with E-state index in [-0.39, 0.29) is 24.9 Å². The molecule has 2 aromatic heterocycles. The number of benzene rings is 1. The molecule has 1 saturated heterocycles. The van der Waals surface area contributed by atoms with Crippen molar-refractivity contribution in [3.63, 3.8) is 0 Å². The van der Waals surface area contributed by atoms with Gasteiger partial charge in [-0.1, -0.05) is 18.2 Å². The molecule has 3 aromatic rings. The van der Waals surface area contributed by atoms with Gasteiger partial charge in [0.05, 0.1) is 31.2 Å². The first kappa shape index (κ1) is 16.6. The summed E-state index contributed by atoms with van der Waals surface area (Å²) in [5, 5.41) is 26.3. The van der Waals surface area contributed by atoms with Gasteiger partial charge in [0.25, 0.3) is 5.91 Å². The van der Waals surface area contributed by atoms with Gasteiger partial charge in [0, 0.05) is 11.5 Å². The first-order chi connectivity index (χ1) is 12.7. The Hall–Kier alpha value is -2.88. The highest BCUT2D eigenvalue weighted by Gasteiger charge is 2.38. The van der Waals surface area contributed by atoms with Crippen LogP contribution in [0, 0.1) is 5.92 Å². The van der Waals surface area contributed by atoms with Crippen molar-refractivity contribution in [1.82, 2.24) is 19.6 Å². The van der Waals surface area contributed by atoms with Gasteiger partial charge in [0.15, 0.2) is 11.5 Å². The molecule has 9 nitrogen and oxygen atoms in total. The fraction of sp³-hybridized carbons (Fsp3) is 0.294. The molecule has 0 bridgehead atoms. The Labute approximate surface area is 148 Å². The normalized spacial score (nSPS) is 22.6. The van der Waals surface area contributed by atoms with E-state index in [4.69, 9.17) is 4.74 Å². The highest BCUT2D eigenvalue weighted by atomic mass is 16.5. The number of anilines is 1. The van der Waals surface area contributed by atoms with Gasteiger partial charge in [0.2, 0.25) is 0 Å². The second-order valence-electron chi connectivity index (χ2n) is 6.01. The van der Waals surface area contributed by atoms with E-state index < -0.39 is 18.1 Å². The molecule has 0 saturated carbocycles. The molecule has 1 amide bonds. The zero-order valence-corrected chi connectivity index (χ0v) is 13.7. The van der Waals surface area contributed by atoms with Crippen molar-refractivity contribution < 1.29 is 19.7 Å². The van der Waals surface area contributed by atoms with Gasteiger partial charge in [-0.2, -0.15) is 5.10 Å². The van der Waals surface area contributed by atoms with Crippen molar-refractivity contribution in [2.24, 2.45) is 5.92 Å². The molecule has 0 radical (unpaired) electrons. The van der Waals surface area contributed by atoms with Crippen molar-refractivity contribution in [2.75, 3.05) is 18.5 Å². The number of nitrogens with zero attached hydrogens (tertiary/aromatic N) is 4. The first-order valence-corrected chi connectivity index (χ1v) is 8.14. The molecule has 3 unspecified atom stereocenters. The van der Waals surface area contributed by atoms with E-state index in [2.05, 4.69) is 20.4 Å². The summed E-state index contributed by atoms with van der Waals surface area (Å²) in [6.45, 7) is -0.0897. The zero-order valence-electron chi connectivity index (χ0n) is 13.7. The Morgan fingerprint density at radius 3 is 2.88 bits per heavy atom. The van der Waals surface area contributed by atoms with Gasteiger partial charge >= 0.3 is 0 Å². The molecule has 1 fully saturated rings. The summed E-state index contributed by atoms with van der Waals surface area (Å²) in [5.41, 5.74) is 1.43. The number of carbonyl (C=O) groups is 1. The summed E-state index contributed by atoms with van der Waals surface area (Å²) < 4.78 is 7.09. The van der Waals surface area contributed by atoms with Crippen LogP contribution in [-0.2, 0) is 4.74 Å². The molecule has 3 heterocycles. The van der Waals surface area contributed by atoms with Crippen LogP contribution in [-0.4, -0.2) is 55.0 Å². The number of fused-ring (bicyclic) bond motifs is 1. The number of amides is 1. The number of hydrogen-bond acceptors (Lipinski definition) is 7. The maximum atomic E-state index is 12.4. The van der Waals surface area contributed by atoms with Gasteiger partial charge in [0.1, 0.15) is 12.4 Å². The number of aromatic nitrogens is 4. The van der Waals surface area contributed by atoms with E-state index in [1.807, 2.05) is 6.07 Å². The Morgan fingerprint density at radius 1 is 1.31 bits per heavy atom. The Morgan fingerprint density at radius 2 is 2.12 bits per heavy atom. The van der Waals surface area contributed by atoms with E-state index in [0.29, 0.717) is 16.9 Å². The summed E-state index contributed by atoms with van der Waals surface area (Å²) in [5.74, 6) is -0.511. The lowest BCUT2D eigenvalue weighted by Crippen LogP contribution is -2.24. The maximum Gasteiger partial charge on any atom is 0.256 e. The predicted molar refractivity (Wildman–Crippen MR) is 90.5 cm³/mol. The van der Waals surface area contributed by atoms with Crippen molar-refractivity contribution in [3.8, 4) is 0 Å². The average Bonchev–Trinajstić information content (AvgIpc) is 3.26. The third-order valence-corrected chi connectivity index (χ3v) is 4.43. The summed E-state index contributed by atoms with van der Waals surface area (Å²) >= 11 is 0. The number of imidazole rings is 1. The number of hydrogen-bond donors (Lipinski definition) is 3. The average molecular weight is 355 g/mol. The van der Waals surface area contributed by atoms with E-state index >= 15 is 0 Å². The number of aliphatic hydroxyl groups excluding tert-OH is 2. The van der Waals surface area contributed by atoms with Crippen LogP contribution in [0.2, 0.25) is 0 Å². The van der Waals surface area contributed by atoms with Crippen LogP contribution >= 0.6 is 0 Å². The molecule has 3 atom stereocenters. The Balaban J connectivity index is 1.66. The number of aliphatic hydroxyl groups is 2. The number of ether oxygens (including phenoxy) is 1. The van der Waals surface area contributed by atoms with E-state index in [1.54, 1.807) is 30.5 Å². The fourth-order valence-electron chi connectivity index (χ4n) is 3.06. The van der Waals surface area contributed by atoms with Gasteiger partial charge in [-0.05, 0) is 12.1 Å². The lowest BCUT2D eigenvalue weighted by Gasteiger charge is -2.17. The lowest BCUT2D eigenvalue weighted by molar-refractivity contribution is 0.0660. The summed E-state index contributed by atoms with van der Waals surface area (Å²) in [4.78, 5) is 20.7. The van der Waals surface area contributed by atoms with Gasteiger partial charge < -0.3 is 20.3 Å². The molecule has 1 aliphatic heterocycles. The van der Waals surface area contributed by atoms with Crippen LogP contribution < -0.4 is 5.32 Å². The minimum absolute atomic E-state index is 0.131. The summed E-state index contributed by atoms with van der Waals surface area (Å²) in [6, 6.07) is 8.77. The first-order valence-electron chi connectivity index (χ1n) is 8.14. The van der Waals surface area contributed by atoms with Crippen molar-refractivity contribution in [3.05, 3.63) is 54.1 Å². The minimum Gasteiger partial charge on any atom is -0.396 e. The predicted octanol–water partition coefficient (Wildman–Crippen LogP) is 0.417. The van der Waals surface area contributed by atoms with Crippen LogP contribution in [0.3, 0.4) is 0 Å². The van der Waals surface area contributed by atoms with E-state index in [0.717, 1.165) is 0 Å². The molecule has 26 heavy (non-hydrogen) atoms. The quantitative estimate of drug-likeness (QED) is 0.620. The Kier molecular flexibility index (Phi) is 4.33. The topological polar surface area (TPSA) is 122 Å². The summed E-state index contributed by atoms with van der Waals surface area (Å²) in [7, 11) is 0. The number of nitrogens with one attached hydrogen (secondary N) is 1. The highest BCUT2D eigenvalue weighted by molar-refractivity contribution is 6.05. The molecule has 0 spiro atoms. The van der Waals surface area contributed by atoms with Crippen LogP contribution in [0.4, 0.5) is 5.82 Å². The third kappa shape index (κ3) is 2.81. The smallest absolute Gasteiger partial charge is 0.256 e. The van der Waals surface area contributed by atoms with Gasteiger partial charge in [-0.15, -0.1) is 0 Å².